The molecule has 2 aliphatic heterocycles. The Kier molecular flexibility index (Phi) is 4.03. The molecule has 0 saturated carbocycles. The van der Waals surface area contributed by atoms with Crippen molar-refractivity contribution in [3.05, 3.63) is 41.6 Å². The molecule has 124 valence electrons. The zero-order valence-electron chi connectivity index (χ0n) is 13.0. The molecule has 0 radical (unpaired) electrons. The van der Waals surface area contributed by atoms with Gasteiger partial charge in [-0.3, -0.25) is 0 Å². The molecule has 4 N–H and O–H groups in total. The third kappa shape index (κ3) is 3.04. The van der Waals surface area contributed by atoms with Crippen LogP contribution in [0.2, 0.25) is 0 Å². The fraction of sp³-hybridized carbons (Fsp3) is 0.438. The molecule has 6 nitrogen and oxygen atoms in total. The molecule has 23 heavy (non-hydrogen) atoms. The van der Waals surface area contributed by atoms with Crippen molar-refractivity contribution in [1.29, 1.82) is 0 Å². The maximum Gasteiger partial charge on any atom is 0.175 e. The summed E-state index contributed by atoms with van der Waals surface area (Å²) in [6.45, 7) is 0.695. The molecule has 1 fully saturated rings. The predicted octanol–water partition coefficient (Wildman–Crippen LogP) is 1.07. The van der Waals surface area contributed by atoms with Gasteiger partial charge in [-0.25, -0.2) is 13.4 Å². The lowest BCUT2D eigenvalue weighted by molar-refractivity contribution is 0.124. The first kappa shape index (κ1) is 16.2. The summed E-state index contributed by atoms with van der Waals surface area (Å²) in [5.74, 6) is 0.430. The third-order valence-electron chi connectivity index (χ3n) is 4.40. The second-order valence-corrected chi connectivity index (χ2v) is 8.17. The van der Waals surface area contributed by atoms with Crippen molar-refractivity contribution < 1.29 is 13.2 Å². The van der Waals surface area contributed by atoms with Crippen LogP contribution in [0.3, 0.4) is 0 Å². The van der Waals surface area contributed by atoms with E-state index < -0.39 is 15.4 Å². The topological polar surface area (TPSA) is 108 Å². The third-order valence-corrected chi connectivity index (χ3v) is 5.51. The van der Waals surface area contributed by atoms with Crippen LogP contribution in [0.1, 0.15) is 24.8 Å². The zero-order valence-corrected chi connectivity index (χ0v) is 13.8. The molecule has 7 heteroatoms. The predicted molar refractivity (Wildman–Crippen MR) is 88.7 cm³/mol. The summed E-state index contributed by atoms with van der Waals surface area (Å²) in [6, 6.07) is 6.72. The van der Waals surface area contributed by atoms with Gasteiger partial charge < -0.3 is 16.2 Å². The summed E-state index contributed by atoms with van der Waals surface area (Å²) in [7, 11) is -3.31. The Bertz CT molecular complexity index is 780. The Hall–Kier alpha value is -1.70. The molecule has 0 amide bonds. The quantitative estimate of drug-likeness (QED) is 0.859. The maximum atomic E-state index is 11.8. The minimum absolute atomic E-state index is 0.0984. The van der Waals surface area contributed by atoms with Crippen LogP contribution in [0, 0.1) is 0 Å². The lowest BCUT2D eigenvalue weighted by Gasteiger charge is -2.37. The minimum atomic E-state index is -3.31. The van der Waals surface area contributed by atoms with Gasteiger partial charge in [0.1, 0.15) is 5.84 Å². The van der Waals surface area contributed by atoms with Gasteiger partial charge in [-0.1, -0.05) is 12.1 Å². The van der Waals surface area contributed by atoms with Crippen molar-refractivity contribution in [3.63, 3.8) is 0 Å². The molecule has 2 heterocycles. The Labute approximate surface area is 136 Å². The van der Waals surface area contributed by atoms with Crippen molar-refractivity contribution in [2.24, 2.45) is 16.5 Å². The number of aliphatic imine (C=N–C) groups is 1. The van der Waals surface area contributed by atoms with E-state index in [0.717, 1.165) is 18.4 Å². The molecule has 0 aromatic heterocycles. The highest BCUT2D eigenvalue weighted by Crippen LogP contribution is 2.39. The Morgan fingerprint density at radius 1 is 1.39 bits per heavy atom. The first-order valence-electron chi connectivity index (χ1n) is 7.54. The molecular weight excluding hydrogens is 314 g/mol. The average molecular weight is 335 g/mol. The van der Waals surface area contributed by atoms with Crippen molar-refractivity contribution in [2.75, 3.05) is 12.9 Å². The van der Waals surface area contributed by atoms with Crippen LogP contribution in [0.15, 0.2) is 45.9 Å². The van der Waals surface area contributed by atoms with Crippen LogP contribution in [-0.2, 0) is 20.1 Å². The second kappa shape index (κ2) is 5.74. The van der Waals surface area contributed by atoms with E-state index in [-0.39, 0.29) is 11.0 Å². The van der Waals surface area contributed by atoms with Crippen molar-refractivity contribution in [2.45, 2.75) is 35.8 Å². The van der Waals surface area contributed by atoms with E-state index in [1.54, 1.807) is 24.4 Å². The van der Waals surface area contributed by atoms with Crippen LogP contribution < -0.4 is 11.5 Å². The van der Waals surface area contributed by atoms with E-state index in [0.29, 0.717) is 24.4 Å². The SMILES string of the molecule is CS(=O)(=O)c1cccc(C2(N)CC(N)=NC=C2C2CCCO2)c1. The number of sulfone groups is 1. The zero-order chi connectivity index (χ0) is 16.7. The average Bonchev–Trinajstić information content (AvgIpc) is 3.00. The summed E-state index contributed by atoms with van der Waals surface area (Å²) in [6.07, 6.45) is 4.96. The molecule has 2 atom stereocenters. The molecular formula is C16H21N3O3S. The summed E-state index contributed by atoms with van der Waals surface area (Å²) in [5.41, 5.74) is 13.3. The van der Waals surface area contributed by atoms with E-state index in [9.17, 15) is 8.42 Å². The Morgan fingerprint density at radius 2 is 2.17 bits per heavy atom. The normalized spacial score (nSPS) is 28.3. The van der Waals surface area contributed by atoms with Gasteiger partial charge in [0.15, 0.2) is 9.84 Å². The first-order valence-corrected chi connectivity index (χ1v) is 9.43. The maximum absolute atomic E-state index is 11.8. The molecule has 1 saturated heterocycles. The van der Waals surface area contributed by atoms with Crippen LogP contribution in [0.5, 0.6) is 0 Å². The number of hydrogen-bond donors (Lipinski definition) is 2. The van der Waals surface area contributed by atoms with E-state index >= 15 is 0 Å². The fourth-order valence-corrected chi connectivity index (χ4v) is 3.83. The largest absolute Gasteiger partial charge is 0.387 e. The van der Waals surface area contributed by atoms with E-state index in [4.69, 9.17) is 16.2 Å². The smallest absolute Gasteiger partial charge is 0.175 e. The first-order chi connectivity index (χ1) is 10.8. The molecule has 0 aliphatic carbocycles. The highest BCUT2D eigenvalue weighted by Gasteiger charge is 2.40. The second-order valence-electron chi connectivity index (χ2n) is 6.15. The number of amidine groups is 1. The number of nitrogens with two attached hydrogens (primary N) is 2. The lowest BCUT2D eigenvalue weighted by atomic mass is 9.76. The summed E-state index contributed by atoms with van der Waals surface area (Å²) in [5, 5.41) is 0. The highest BCUT2D eigenvalue weighted by molar-refractivity contribution is 7.90. The van der Waals surface area contributed by atoms with Crippen molar-refractivity contribution >= 4 is 15.7 Å². The summed E-state index contributed by atoms with van der Waals surface area (Å²) in [4.78, 5) is 4.45. The molecule has 0 bridgehead atoms. The van der Waals surface area contributed by atoms with Gasteiger partial charge in [0.25, 0.3) is 0 Å². The number of rotatable bonds is 3. The standard InChI is InChI=1S/C16H21N3O3S/c1-23(20,21)12-5-2-4-11(8-12)16(18)9-15(17)19-10-13(16)14-6-3-7-22-14/h2,4-5,8,10,14H,3,6-7,9,18H2,1H3,(H2,17,19). The van der Waals surface area contributed by atoms with Gasteiger partial charge >= 0.3 is 0 Å². The van der Waals surface area contributed by atoms with Gasteiger partial charge in [-0.2, -0.15) is 0 Å². The lowest BCUT2D eigenvalue weighted by Crippen LogP contribution is -2.47. The van der Waals surface area contributed by atoms with Crippen LogP contribution >= 0.6 is 0 Å². The summed E-state index contributed by atoms with van der Waals surface area (Å²) < 4.78 is 29.5. The monoisotopic (exact) mass is 335 g/mol. The van der Waals surface area contributed by atoms with Gasteiger partial charge in [0.05, 0.1) is 16.5 Å². The molecule has 0 spiro atoms. The van der Waals surface area contributed by atoms with E-state index in [2.05, 4.69) is 4.99 Å². The molecule has 2 unspecified atom stereocenters. The highest BCUT2D eigenvalue weighted by atomic mass is 32.2. The van der Waals surface area contributed by atoms with Crippen molar-refractivity contribution in [1.82, 2.24) is 0 Å². The van der Waals surface area contributed by atoms with Crippen LogP contribution in [0.25, 0.3) is 0 Å². The minimum Gasteiger partial charge on any atom is -0.387 e. The fourth-order valence-electron chi connectivity index (χ4n) is 3.17. The van der Waals surface area contributed by atoms with E-state index in [1.165, 1.54) is 6.26 Å². The van der Waals surface area contributed by atoms with Crippen LogP contribution in [0.4, 0.5) is 0 Å². The van der Waals surface area contributed by atoms with Crippen LogP contribution in [-0.4, -0.2) is 33.2 Å². The number of ether oxygens (including phenoxy) is 1. The molecule has 2 aliphatic rings. The van der Waals surface area contributed by atoms with Gasteiger partial charge in [0.2, 0.25) is 0 Å². The Balaban J connectivity index is 2.08. The van der Waals surface area contributed by atoms with Gasteiger partial charge in [0, 0.05) is 31.1 Å². The molecule has 3 rings (SSSR count). The molecule has 1 aromatic carbocycles. The molecule has 1 aromatic rings. The number of hydrogen-bond acceptors (Lipinski definition) is 6. The van der Waals surface area contributed by atoms with E-state index in [1.807, 2.05) is 6.07 Å². The van der Waals surface area contributed by atoms with Crippen molar-refractivity contribution in [3.8, 4) is 0 Å². The number of nitrogens with zero attached hydrogens (tertiary/aromatic N) is 1. The van der Waals surface area contributed by atoms with Gasteiger partial charge in [-0.15, -0.1) is 0 Å². The summed E-state index contributed by atoms with van der Waals surface area (Å²) >= 11 is 0. The van der Waals surface area contributed by atoms with Gasteiger partial charge in [-0.05, 0) is 30.5 Å². The number of benzene rings is 1. The Morgan fingerprint density at radius 3 is 2.83 bits per heavy atom.